The van der Waals surface area contributed by atoms with E-state index in [1.54, 1.807) is 0 Å². The third-order valence-electron chi connectivity index (χ3n) is 3.95. The molecule has 4 heteroatoms. The summed E-state index contributed by atoms with van der Waals surface area (Å²) in [4.78, 5) is 9.24. The van der Waals surface area contributed by atoms with E-state index in [4.69, 9.17) is 5.11 Å². The van der Waals surface area contributed by atoms with Crippen LogP contribution in [0.2, 0.25) is 0 Å². The van der Waals surface area contributed by atoms with E-state index in [2.05, 4.69) is 28.9 Å². The molecule has 2 heterocycles. The van der Waals surface area contributed by atoms with E-state index in [1.807, 2.05) is 19.1 Å². The Morgan fingerprint density at radius 1 is 1.39 bits per heavy atom. The van der Waals surface area contributed by atoms with E-state index < -0.39 is 0 Å². The van der Waals surface area contributed by atoms with Crippen LogP contribution in [-0.2, 0) is 6.61 Å². The van der Waals surface area contributed by atoms with Gasteiger partial charge in [0.25, 0.3) is 0 Å². The molecule has 4 nitrogen and oxygen atoms in total. The Morgan fingerprint density at radius 2 is 2.06 bits per heavy atom. The van der Waals surface area contributed by atoms with Crippen LogP contribution in [-0.4, -0.2) is 48.2 Å². The zero-order valence-corrected chi connectivity index (χ0v) is 11.6. The van der Waals surface area contributed by atoms with Crippen molar-refractivity contribution >= 4 is 5.82 Å². The van der Waals surface area contributed by atoms with Crippen LogP contribution >= 0.6 is 0 Å². The Kier molecular flexibility index (Phi) is 4.19. The molecule has 0 amide bonds. The summed E-state index contributed by atoms with van der Waals surface area (Å²) in [6, 6.07) is 4.56. The quantitative estimate of drug-likeness (QED) is 0.879. The SMILES string of the molecule is Cc1nc(N(C)C2CCN(C)CC2)ccc1CO. The first-order chi connectivity index (χ1) is 8.61. The maximum atomic E-state index is 9.17. The molecule has 100 valence electrons. The minimum absolute atomic E-state index is 0.0665. The van der Waals surface area contributed by atoms with Crippen molar-refractivity contribution in [3.63, 3.8) is 0 Å². The molecule has 18 heavy (non-hydrogen) atoms. The fraction of sp³-hybridized carbons (Fsp3) is 0.643. The van der Waals surface area contributed by atoms with E-state index in [1.165, 1.54) is 12.8 Å². The van der Waals surface area contributed by atoms with Gasteiger partial charge in [0, 0.05) is 18.8 Å². The smallest absolute Gasteiger partial charge is 0.128 e. The van der Waals surface area contributed by atoms with E-state index in [0.717, 1.165) is 30.2 Å². The maximum Gasteiger partial charge on any atom is 0.128 e. The molecule has 1 saturated heterocycles. The fourth-order valence-corrected chi connectivity index (χ4v) is 2.51. The monoisotopic (exact) mass is 249 g/mol. The average Bonchev–Trinajstić information content (AvgIpc) is 2.38. The van der Waals surface area contributed by atoms with Crippen molar-refractivity contribution in [2.45, 2.75) is 32.4 Å². The van der Waals surface area contributed by atoms with E-state index in [-0.39, 0.29) is 6.61 Å². The van der Waals surface area contributed by atoms with Gasteiger partial charge in [-0.1, -0.05) is 6.07 Å². The summed E-state index contributed by atoms with van der Waals surface area (Å²) in [5, 5.41) is 9.17. The molecule has 0 radical (unpaired) electrons. The summed E-state index contributed by atoms with van der Waals surface area (Å²) < 4.78 is 0. The third-order valence-corrected chi connectivity index (χ3v) is 3.95. The zero-order chi connectivity index (χ0) is 13.1. The largest absolute Gasteiger partial charge is 0.392 e. The molecule has 0 saturated carbocycles. The molecule has 0 spiro atoms. The molecule has 1 N–H and O–H groups in total. The summed E-state index contributed by atoms with van der Waals surface area (Å²) in [6.07, 6.45) is 2.38. The second-order valence-electron chi connectivity index (χ2n) is 5.22. The first-order valence-corrected chi connectivity index (χ1v) is 6.60. The number of likely N-dealkylation sites (tertiary alicyclic amines) is 1. The normalized spacial score (nSPS) is 18.0. The predicted molar refractivity (Wildman–Crippen MR) is 73.8 cm³/mol. The van der Waals surface area contributed by atoms with Gasteiger partial charge in [0.15, 0.2) is 0 Å². The molecule has 0 atom stereocenters. The Morgan fingerprint density at radius 3 is 2.61 bits per heavy atom. The maximum absolute atomic E-state index is 9.17. The van der Waals surface area contributed by atoms with E-state index in [9.17, 15) is 0 Å². The summed E-state index contributed by atoms with van der Waals surface area (Å²) >= 11 is 0. The van der Waals surface area contributed by atoms with Crippen molar-refractivity contribution < 1.29 is 5.11 Å². The second kappa shape index (κ2) is 5.67. The van der Waals surface area contributed by atoms with Crippen LogP contribution < -0.4 is 4.90 Å². The number of aryl methyl sites for hydroxylation is 1. The van der Waals surface area contributed by atoms with Crippen LogP contribution in [0.5, 0.6) is 0 Å². The van der Waals surface area contributed by atoms with Gasteiger partial charge in [0.2, 0.25) is 0 Å². The van der Waals surface area contributed by atoms with Crippen molar-refractivity contribution in [2.75, 3.05) is 32.1 Å². The Balaban J connectivity index is 2.08. The number of hydrogen-bond donors (Lipinski definition) is 1. The highest BCUT2D eigenvalue weighted by atomic mass is 16.3. The van der Waals surface area contributed by atoms with Crippen LogP contribution in [0.4, 0.5) is 5.82 Å². The minimum Gasteiger partial charge on any atom is -0.392 e. The van der Waals surface area contributed by atoms with Crippen molar-refractivity contribution in [1.29, 1.82) is 0 Å². The van der Waals surface area contributed by atoms with Crippen molar-refractivity contribution in [2.24, 2.45) is 0 Å². The second-order valence-corrected chi connectivity index (χ2v) is 5.22. The number of hydrogen-bond acceptors (Lipinski definition) is 4. The lowest BCUT2D eigenvalue weighted by Crippen LogP contribution is -2.42. The van der Waals surface area contributed by atoms with Gasteiger partial charge in [0.1, 0.15) is 5.82 Å². The highest BCUT2D eigenvalue weighted by Crippen LogP contribution is 2.21. The molecule has 1 fully saturated rings. The molecule has 0 unspecified atom stereocenters. The lowest BCUT2D eigenvalue weighted by atomic mass is 10.0. The number of anilines is 1. The predicted octanol–water partition coefficient (Wildman–Crippen LogP) is 1.41. The van der Waals surface area contributed by atoms with E-state index in [0.29, 0.717) is 6.04 Å². The van der Waals surface area contributed by atoms with Crippen LogP contribution in [0.15, 0.2) is 12.1 Å². The first-order valence-electron chi connectivity index (χ1n) is 6.60. The summed E-state index contributed by atoms with van der Waals surface area (Å²) in [5.74, 6) is 1.01. The van der Waals surface area contributed by atoms with Gasteiger partial charge < -0.3 is 14.9 Å². The molecular weight excluding hydrogens is 226 g/mol. The Hall–Kier alpha value is -1.13. The van der Waals surface area contributed by atoms with Gasteiger partial charge in [-0.15, -0.1) is 0 Å². The van der Waals surface area contributed by atoms with Crippen LogP contribution in [0, 0.1) is 6.92 Å². The average molecular weight is 249 g/mol. The Bertz CT molecular complexity index is 400. The third kappa shape index (κ3) is 2.82. The van der Waals surface area contributed by atoms with Crippen LogP contribution in [0.25, 0.3) is 0 Å². The number of aliphatic hydroxyl groups is 1. The highest BCUT2D eigenvalue weighted by molar-refractivity contribution is 5.42. The number of pyridine rings is 1. The summed E-state index contributed by atoms with van der Waals surface area (Å²) in [6.45, 7) is 4.33. The van der Waals surface area contributed by atoms with Crippen molar-refractivity contribution in [1.82, 2.24) is 9.88 Å². The van der Waals surface area contributed by atoms with Crippen molar-refractivity contribution in [3.8, 4) is 0 Å². The number of rotatable bonds is 3. The number of nitrogens with zero attached hydrogens (tertiary/aromatic N) is 3. The molecule has 1 aromatic rings. The first kappa shape index (κ1) is 13.3. The van der Waals surface area contributed by atoms with E-state index >= 15 is 0 Å². The molecule has 1 aromatic heterocycles. The Labute approximate surface area is 109 Å². The fourth-order valence-electron chi connectivity index (χ4n) is 2.51. The molecule has 0 bridgehead atoms. The van der Waals surface area contributed by atoms with Gasteiger partial charge >= 0.3 is 0 Å². The minimum atomic E-state index is 0.0665. The number of aliphatic hydroxyl groups excluding tert-OH is 1. The lowest BCUT2D eigenvalue weighted by Gasteiger charge is -2.35. The summed E-state index contributed by atoms with van der Waals surface area (Å²) in [5.41, 5.74) is 1.84. The number of aromatic nitrogens is 1. The standard InChI is InChI=1S/C14H23N3O/c1-11-12(10-18)4-5-14(15-11)17(3)13-6-8-16(2)9-7-13/h4-5,13,18H,6-10H2,1-3H3. The highest BCUT2D eigenvalue weighted by Gasteiger charge is 2.21. The molecule has 2 rings (SSSR count). The topological polar surface area (TPSA) is 39.6 Å². The zero-order valence-electron chi connectivity index (χ0n) is 11.6. The van der Waals surface area contributed by atoms with Gasteiger partial charge in [-0.25, -0.2) is 4.98 Å². The molecule has 0 aliphatic carbocycles. The molecule has 1 aliphatic rings. The van der Waals surface area contributed by atoms with Gasteiger partial charge in [-0.3, -0.25) is 0 Å². The van der Waals surface area contributed by atoms with Gasteiger partial charge in [-0.05, 0) is 51.5 Å². The molecule has 1 aliphatic heterocycles. The van der Waals surface area contributed by atoms with Gasteiger partial charge in [-0.2, -0.15) is 0 Å². The lowest BCUT2D eigenvalue weighted by molar-refractivity contribution is 0.252. The molecule has 0 aromatic carbocycles. The molecular formula is C14H23N3O. The van der Waals surface area contributed by atoms with Crippen LogP contribution in [0.1, 0.15) is 24.1 Å². The number of piperidine rings is 1. The van der Waals surface area contributed by atoms with Crippen molar-refractivity contribution in [3.05, 3.63) is 23.4 Å². The van der Waals surface area contributed by atoms with Crippen LogP contribution in [0.3, 0.4) is 0 Å². The summed E-state index contributed by atoms with van der Waals surface area (Å²) in [7, 11) is 4.30. The van der Waals surface area contributed by atoms with Gasteiger partial charge in [0.05, 0.1) is 6.61 Å².